The minimum atomic E-state index is -0.308. The van der Waals surface area contributed by atoms with Gasteiger partial charge < -0.3 is 24.8 Å². The molecule has 0 bridgehead atoms. The van der Waals surface area contributed by atoms with E-state index in [1.165, 1.54) is 28.4 Å². The van der Waals surface area contributed by atoms with Gasteiger partial charge in [0.1, 0.15) is 11.5 Å². The number of halogens is 1. The Balaban J connectivity index is 1.49. The molecule has 1 aliphatic heterocycles. The van der Waals surface area contributed by atoms with Gasteiger partial charge in [-0.2, -0.15) is 0 Å². The second-order valence-corrected chi connectivity index (χ2v) is 9.81. The zero-order chi connectivity index (χ0) is 25.9. The molecule has 2 N–H and O–H groups in total. The van der Waals surface area contributed by atoms with Crippen molar-refractivity contribution in [2.24, 2.45) is 0 Å². The number of morpholine rings is 1. The van der Waals surface area contributed by atoms with Crippen LogP contribution < -0.4 is 15.8 Å². The summed E-state index contributed by atoms with van der Waals surface area (Å²) >= 11 is 1.44. The van der Waals surface area contributed by atoms with E-state index in [2.05, 4.69) is 25.2 Å². The summed E-state index contributed by atoms with van der Waals surface area (Å²) in [4.78, 5) is 40.7. The summed E-state index contributed by atoms with van der Waals surface area (Å²) in [5.41, 5.74) is 4.52. The number of carbonyl (C=O) groups excluding carboxylic acids is 1. The second-order valence-electron chi connectivity index (χ2n) is 8.96. The lowest BCUT2D eigenvalue weighted by atomic mass is 10.1. The predicted molar refractivity (Wildman–Crippen MR) is 143 cm³/mol. The molecule has 0 atom stereocenters. The number of amides is 1. The highest BCUT2D eigenvalue weighted by Gasteiger charge is 2.19. The van der Waals surface area contributed by atoms with Crippen LogP contribution in [0.5, 0.6) is 0 Å². The van der Waals surface area contributed by atoms with Gasteiger partial charge in [-0.05, 0) is 36.4 Å². The number of aryl methyl sites for hydroxylation is 1. The van der Waals surface area contributed by atoms with Crippen molar-refractivity contribution in [3.05, 3.63) is 63.6 Å². The first kappa shape index (κ1) is 24.8. The number of anilines is 3. The van der Waals surface area contributed by atoms with Crippen molar-refractivity contribution in [3.8, 4) is 11.3 Å². The summed E-state index contributed by atoms with van der Waals surface area (Å²) in [7, 11) is 3.38. The number of aromatic amines is 1. The van der Waals surface area contributed by atoms with Gasteiger partial charge in [-0.1, -0.05) is 0 Å². The Kier molecular flexibility index (Phi) is 7.15. The van der Waals surface area contributed by atoms with Gasteiger partial charge in [-0.15, -0.1) is 11.3 Å². The standard InChI is InChI=1S/C26H27FN6O3S/c1-32(2)24(34)8-7-18-25(35)29-19-13-21(23(14-20(19)28-18)33-9-11-36-12-10-33)30-26-31-22(15-37-26)16-3-5-17(27)6-4-16/h3-6,13-15H,7-12H2,1-2H3,(H,29,35)(H,30,31). The molecule has 0 radical (unpaired) electrons. The molecular weight excluding hydrogens is 495 g/mol. The van der Waals surface area contributed by atoms with Crippen LogP contribution >= 0.6 is 11.3 Å². The summed E-state index contributed by atoms with van der Waals surface area (Å²) in [5.74, 6) is -0.350. The number of ether oxygens (including phenoxy) is 1. The van der Waals surface area contributed by atoms with E-state index in [0.29, 0.717) is 48.2 Å². The van der Waals surface area contributed by atoms with Gasteiger partial charge in [0.15, 0.2) is 5.13 Å². The largest absolute Gasteiger partial charge is 0.378 e. The Morgan fingerprint density at radius 1 is 1.19 bits per heavy atom. The maximum atomic E-state index is 13.3. The molecule has 1 fully saturated rings. The van der Waals surface area contributed by atoms with Crippen molar-refractivity contribution in [1.82, 2.24) is 19.9 Å². The molecule has 3 heterocycles. The number of benzene rings is 2. The van der Waals surface area contributed by atoms with Gasteiger partial charge in [0.05, 0.1) is 41.3 Å². The lowest BCUT2D eigenvalue weighted by Crippen LogP contribution is -2.36. The number of hydrogen-bond acceptors (Lipinski definition) is 8. The van der Waals surface area contributed by atoms with Crippen molar-refractivity contribution in [1.29, 1.82) is 0 Å². The van der Waals surface area contributed by atoms with Crippen molar-refractivity contribution < 1.29 is 13.9 Å². The first-order valence-electron chi connectivity index (χ1n) is 12.0. The molecule has 4 aromatic rings. The lowest BCUT2D eigenvalue weighted by Gasteiger charge is -2.30. The SMILES string of the molecule is CN(C)C(=O)CCc1nc2cc(N3CCOCC3)c(Nc3nc(-c4ccc(F)cc4)cs3)cc2[nH]c1=O. The molecule has 0 saturated carbocycles. The fraction of sp³-hybridized carbons (Fsp3) is 0.308. The average molecular weight is 523 g/mol. The van der Waals surface area contributed by atoms with E-state index in [9.17, 15) is 14.0 Å². The maximum absolute atomic E-state index is 13.3. The molecule has 0 spiro atoms. The molecule has 192 valence electrons. The monoisotopic (exact) mass is 522 g/mol. The molecule has 37 heavy (non-hydrogen) atoms. The van der Waals surface area contributed by atoms with Crippen molar-refractivity contribution >= 4 is 44.8 Å². The topological polar surface area (TPSA) is 103 Å². The van der Waals surface area contributed by atoms with Crippen molar-refractivity contribution in [2.75, 3.05) is 50.6 Å². The van der Waals surface area contributed by atoms with Crippen LogP contribution in [-0.2, 0) is 16.0 Å². The summed E-state index contributed by atoms with van der Waals surface area (Å²) in [6.45, 7) is 2.65. The van der Waals surface area contributed by atoms with Gasteiger partial charge in [-0.3, -0.25) is 9.59 Å². The van der Waals surface area contributed by atoms with Gasteiger partial charge in [0.25, 0.3) is 5.56 Å². The number of nitrogens with zero attached hydrogens (tertiary/aromatic N) is 4. The smallest absolute Gasteiger partial charge is 0.270 e. The van der Waals surface area contributed by atoms with E-state index in [-0.39, 0.29) is 30.1 Å². The molecule has 0 unspecified atom stereocenters. The number of hydrogen-bond donors (Lipinski definition) is 2. The normalized spacial score (nSPS) is 13.6. The molecule has 1 amide bonds. The van der Waals surface area contributed by atoms with Crippen LogP contribution in [0.3, 0.4) is 0 Å². The number of nitrogens with one attached hydrogen (secondary N) is 2. The van der Waals surface area contributed by atoms with Crippen LogP contribution in [0.1, 0.15) is 12.1 Å². The molecule has 11 heteroatoms. The Labute approximate surface area is 216 Å². The van der Waals surface area contributed by atoms with E-state index in [1.807, 2.05) is 17.5 Å². The van der Waals surface area contributed by atoms with Gasteiger partial charge in [0.2, 0.25) is 5.91 Å². The van der Waals surface area contributed by atoms with Crippen molar-refractivity contribution in [2.45, 2.75) is 12.8 Å². The fourth-order valence-corrected chi connectivity index (χ4v) is 4.88. The minimum absolute atomic E-state index is 0.0571. The van der Waals surface area contributed by atoms with Crippen LogP contribution in [-0.4, -0.2) is 66.2 Å². The molecule has 0 aliphatic carbocycles. The van der Waals surface area contributed by atoms with E-state index < -0.39 is 0 Å². The Hall–Kier alpha value is -3.83. The zero-order valence-corrected chi connectivity index (χ0v) is 21.4. The minimum Gasteiger partial charge on any atom is -0.378 e. The van der Waals surface area contributed by atoms with E-state index in [1.54, 1.807) is 26.2 Å². The summed E-state index contributed by atoms with van der Waals surface area (Å²) < 4.78 is 18.9. The second kappa shape index (κ2) is 10.7. The highest BCUT2D eigenvalue weighted by molar-refractivity contribution is 7.14. The molecule has 9 nitrogen and oxygen atoms in total. The molecule has 1 aliphatic rings. The third-order valence-corrected chi connectivity index (χ3v) is 6.95. The number of H-pyrrole nitrogens is 1. The number of rotatable bonds is 7. The maximum Gasteiger partial charge on any atom is 0.270 e. The summed E-state index contributed by atoms with van der Waals surface area (Å²) in [5, 5.41) is 5.98. The molecule has 1 saturated heterocycles. The van der Waals surface area contributed by atoms with Gasteiger partial charge >= 0.3 is 0 Å². The van der Waals surface area contributed by atoms with Crippen LogP contribution in [0.15, 0.2) is 46.6 Å². The Morgan fingerprint density at radius 2 is 1.95 bits per heavy atom. The van der Waals surface area contributed by atoms with Gasteiger partial charge in [-0.25, -0.2) is 14.4 Å². The number of thiazole rings is 1. The van der Waals surface area contributed by atoms with Gasteiger partial charge in [0, 0.05) is 51.0 Å². The third-order valence-electron chi connectivity index (χ3n) is 6.19. The first-order chi connectivity index (χ1) is 17.9. The highest BCUT2D eigenvalue weighted by Crippen LogP contribution is 2.35. The van der Waals surface area contributed by atoms with Crippen LogP contribution in [0.2, 0.25) is 0 Å². The number of fused-ring (bicyclic) bond motifs is 1. The molecular formula is C26H27FN6O3S. The van der Waals surface area contributed by atoms with E-state index in [4.69, 9.17) is 4.74 Å². The van der Waals surface area contributed by atoms with Crippen LogP contribution in [0, 0.1) is 5.82 Å². The zero-order valence-electron chi connectivity index (χ0n) is 20.6. The quantitative estimate of drug-likeness (QED) is 0.381. The predicted octanol–water partition coefficient (Wildman–Crippen LogP) is 3.79. The fourth-order valence-electron chi connectivity index (χ4n) is 4.14. The molecule has 5 rings (SSSR count). The van der Waals surface area contributed by atoms with E-state index in [0.717, 1.165) is 22.6 Å². The van der Waals surface area contributed by atoms with Crippen LogP contribution in [0.25, 0.3) is 22.3 Å². The Bertz CT molecular complexity index is 1480. The van der Waals surface area contributed by atoms with E-state index >= 15 is 0 Å². The molecule has 2 aromatic heterocycles. The summed E-state index contributed by atoms with van der Waals surface area (Å²) in [6, 6.07) is 10.0. The lowest BCUT2D eigenvalue weighted by molar-refractivity contribution is -0.128. The summed E-state index contributed by atoms with van der Waals surface area (Å²) in [6.07, 6.45) is 0.478. The average Bonchev–Trinajstić information content (AvgIpc) is 3.36. The first-order valence-corrected chi connectivity index (χ1v) is 12.8. The Morgan fingerprint density at radius 3 is 2.68 bits per heavy atom. The van der Waals surface area contributed by atoms with Crippen LogP contribution in [0.4, 0.5) is 20.9 Å². The van der Waals surface area contributed by atoms with Crippen molar-refractivity contribution in [3.63, 3.8) is 0 Å². The number of carbonyl (C=O) groups is 1. The third kappa shape index (κ3) is 5.62. The highest BCUT2D eigenvalue weighted by atomic mass is 32.1. The molecule has 2 aromatic carbocycles. The number of aromatic nitrogens is 3.